The van der Waals surface area contributed by atoms with Gasteiger partial charge >= 0.3 is 6.18 Å². The van der Waals surface area contributed by atoms with Gasteiger partial charge in [-0.15, -0.1) is 0 Å². The molecule has 4 rings (SSSR count). The van der Waals surface area contributed by atoms with Crippen LogP contribution in [-0.2, 0) is 12.7 Å². The molecule has 0 aliphatic carbocycles. The lowest BCUT2D eigenvalue weighted by molar-refractivity contribution is -0.137. The third-order valence-electron chi connectivity index (χ3n) is 4.28. The summed E-state index contributed by atoms with van der Waals surface area (Å²) in [5.74, 6) is -0.0123. The topological polar surface area (TPSA) is 68.0 Å². The molecule has 0 saturated carbocycles. The van der Waals surface area contributed by atoms with Crippen LogP contribution in [0.15, 0.2) is 71.4 Å². The molecule has 29 heavy (non-hydrogen) atoms. The SMILES string of the molecule is O=C(NCc1cccc(C(F)(F)F)c1)c1ccc2oc(-c3ccncc3)nc2c1. The van der Waals surface area contributed by atoms with E-state index >= 15 is 0 Å². The summed E-state index contributed by atoms with van der Waals surface area (Å²) in [6, 6.07) is 13.1. The smallest absolute Gasteiger partial charge is 0.416 e. The normalized spacial score (nSPS) is 11.6. The van der Waals surface area contributed by atoms with Gasteiger partial charge in [0.2, 0.25) is 5.89 Å². The number of amides is 1. The number of pyridine rings is 1. The fraction of sp³-hybridized carbons (Fsp3) is 0.0952. The highest BCUT2D eigenvalue weighted by atomic mass is 19.4. The maximum Gasteiger partial charge on any atom is 0.416 e. The van der Waals surface area contributed by atoms with E-state index in [2.05, 4.69) is 15.3 Å². The Morgan fingerprint density at radius 2 is 1.83 bits per heavy atom. The van der Waals surface area contributed by atoms with E-state index in [1.165, 1.54) is 12.1 Å². The molecule has 2 aromatic heterocycles. The molecule has 0 aliphatic rings. The molecule has 2 heterocycles. The van der Waals surface area contributed by atoms with E-state index in [9.17, 15) is 18.0 Å². The summed E-state index contributed by atoms with van der Waals surface area (Å²) in [5, 5.41) is 2.62. The molecule has 0 spiro atoms. The van der Waals surface area contributed by atoms with Crippen LogP contribution in [0.25, 0.3) is 22.6 Å². The van der Waals surface area contributed by atoms with Crippen molar-refractivity contribution in [2.24, 2.45) is 0 Å². The highest BCUT2D eigenvalue weighted by molar-refractivity contribution is 5.97. The first-order valence-corrected chi connectivity index (χ1v) is 8.65. The average molecular weight is 397 g/mol. The maximum absolute atomic E-state index is 12.8. The molecule has 1 N–H and O–H groups in total. The summed E-state index contributed by atoms with van der Waals surface area (Å²) in [5.41, 5.74) is 1.72. The number of fused-ring (bicyclic) bond motifs is 1. The predicted molar refractivity (Wildman–Crippen MR) is 99.9 cm³/mol. The minimum atomic E-state index is -4.43. The number of oxazole rings is 1. The van der Waals surface area contributed by atoms with Gasteiger partial charge in [0, 0.05) is 30.1 Å². The van der Waals surface area contributed by atoms with Gasteiger partial charge in [0.25, 0.3) is 5.91 Å². The number of alkyl halides is 3. The first-order chi connectivity index (χ1) is 13.9. The van der Waals surface area contributed by atoms with Crippen molar-refractivity contribution in [3.05, 3.63) is 83.7 Å². The van der Waals surface area contributed by atoms with E-state index in [0.29, 0.717) is 28.1 Å². The Labute approximate surface area is 163 Å². The lowest BCUT2D eigenvalue weighted by atomic mass is 10.1. The van der Waals surface area contributed by atoms with Crippen molar-refractivity contribution < 1.29 is 22.4 Å². The number of carbonyl (C=O) groups excluding carboxylic acids is 1. The van der Waals surface area contributed by atoms with Crippen molar-refractivity contribution in [3.63, 3.8) is 0 Å². The van der Waals surface area contributed by atoms with Crippen LogP contribution in [0.4, 0.5) is 13.2 Å². The van der Waals surface area contributed by atoms with Gasteiger partial charge in [-0.25, -0.2) is 4.98 Å². The molecule has 4 aromatic rings. The number of benzene rings is 2. The number of nitrogens with zero attached hydrogens (tertiary/aromatic N) is 2. The molecule has 0 bridgehead atoms. The van der Waals surface area contributed by atoms with Crippen LogP contribution in [0, 0.1) is 0 Å². The summed E-state index contributed by atoms with van der Waals surface area (Å²) in [6.45, 7) is -0.0259. The number of hydrogen-bond donors (Lipinski definition) is 1. The van der Waals surface area contributed by atoms with Crippen LogP contribution < -0.4 is 5.32 Å². The van der Waals surface area contributed by atoms with Gasteiger partial charge in [-0.1, -0.05) is 12.1 Å². The summed E-state index contributed by atoms with van der Waals surface area (Å²) in [7, 11) is 0. The number of halogens is 3. The molecule has 2 aromatic carbocycles. The lowest BCUT2D eigenvalue weighted by Gasteiger charge is -2.09. The fourth-order valence-corrected chi connectivity index (χ4v) is 2.83. The predicted octanol–water partition coefficient (Wildman–Crippen LogP) is 4.84. The Morgan fingerprint density at radius 1 is 1.03 bits per heavy atom. The van der Waals surface area contributed by atoms with Crippen LogP contribution in [0.3, 0.4) is 0 Å². The Morgan fingerprint density at radius 3 is 2.59 bits per heavy atom. The van der Waals surface area contributed by atoms with Gasteiger partial charge in [-0.05, 0) is 48.0 Å². The standard InChI is InChI=1S/C21H14F3N3O2/c22-21(23,24)16-3-1-2-13(10-16)12-26-19(28)15-4-5-18-17(11-15)27-20(29-18)14-6-8-25-9-7-14/h1-11H,12H2,(H,26,28). The molecule has 0 atom stereocenters. The van der Waals surface area contributed by atoms with Gasteiger partial charge in [0.15, 0.2) is 5.58 Å². The maximum atomic E-state index is 12.8. The van der Waals surface area contributed by atoms with Gasteiger partial charge in [-0.3, -0.25) is 9.78 Å². The third-order valence-corrected chi connectivity index (χ3v) is 4.28. The van der Waals surface area contributed by atoms with Gasteiger partial charge in [-0.2, -0.15) is 13.2 Å². The molecule has 0 aliphatic heterocycles. The highest BCUT2D eigenvalue weighted by Gasteiger charge is 2.30. The van der Waals surface area contributed by atoms with Crippen molar-refractivity contribution in [1.82, 2.24) is 15.3 Å². The van der Waals surface area contributed by atoms with Crippen LogP contribution in [0.5, 0.6) is 0 Å². The average Bonchev–Trinajstić information content (AvgIpc) is 3.15. The molecule has 1 amide bonds. The second-order valence-electron chi connectivity index (χ2n) is 6.32. The minimum Gasteiger partial charge on any atom is -0.436 e. The van der Waals surface area contributed by atoms with Gasteiger partial charge < -0.3 is 9.73 Å². The Balaban J connectivity index is 1.50. The zero-order chi connectivity index (χ0) is 20.4. The summed E-state index contributed by atoms with van der Waals surface area (Å²) in [6.07, 6.45) is -1.18. The second-order valence-corrected chi connectivity index (χ2v) is 6.32. The minimum absolute atomic E-state index is 0.0259. The van der Waals surface area contributed by atoms with E-state index in [-0.39, 0.29) is 6.54 Å². The molecule has 0 saturated heterocycles. The quantitative estimate of drug-likeness (QED) is 0.535. The van der Waals surface area contributed by atoms with Crippen molar-refractivity contribution in [1.29, 1.82) is 0 Å². The fourth-order valence-electron chi connectivity index (χ4n) is 2.83. The molecule has 0 unspecified atom stereocenters. The van der Waals surface area contributed by atoms with Crippen molar-refractivity contribution in [3.8, 4) is 11.5 Å². The van der Waals surface area contributed by atoms with E-state index in [1.54, 1.807) is 42.7 Å². The number of carbonyl (C=O) groups is 1. The molecule has 8 heteroatoms. The second kappa shape index (κ2) is 7.38. The number of hydrogen-bond acceptors (Lipinski definition) is 4. The molecule has 0 radical (unpaired) electrons. The molecular weight excluding hydrogens is 383 g/mol. The Kier molecular flexibility index (Phi) is 4.75. The van der Waals surface area contributed by atoms with Crippen LogP contribution in [-0.4, -0.2) is 15.9 Å². The zero-order valence-corrected chi connectivity index (χ0v) is 14.9. The number of aromatic nitrogens is 2. The van der Waals surface area contributed by atoms with Crippen molar-refractivity contribution in [2.75, 3.05) is 0 Å². The number of rotatable bonds is 4. The van der Waals surface area contributed by atoms with E-state index in [0.717, 1.165) is 17.7 Å². The first kappa shape index (κ1) is 18.7. The third kappa shape index (κ3) is 4.11. The monoisotopic (exact) mass is 397 g/mol. The molecule has 146 valence electrons. The van der Waals surface area contributed by atoms with E-state index in [4.69, 9.17) is 4.42 Å². The van der Waals surface area contributed by atoms with Crippen LogP contribution in [0.1, 0.15) is 21.5 Å². The first-order valence-electron chi connectivity index (χ1n) is 8.65. The van der Waals surface area contributed by atoms with Gasteiger partial charge in [0.05, 0.1) is 5.56 Å². The lowest BCUT2D eigenvalue weighted by Crippen LogP contribution is -2.23. The summed E-state index contributed by atoms with van der Waals surface area (Å²) < 4.78 is 44.1. The zero-order valence-electron chi connectivity index (χ0n) is 14.9. The van der Waals surface area contributed by atoms with Crippen molar-refractivity contribution in [2.45, 2.75) is 12.7 Å². The summed E-state index contributed by atoms with van der Waals surface area (Å²) in [4.78, 5) is 20.7. The van der Waals surface area contributed by atoms with Gasteiger partial charge in [0.1, 0.15) is 5.52 Å². The van der Waals surface area contributed by atoms with E-state index in [1.807, 2.05) is 0 Å². The van der Waals surface area contributed by atoms with Crippen LogP contribution in [0.2, 0.25) is 0 Å². The Hall–Kier alpha value is -3.68. The largest absolute Gasteiger partial charge is 0.436 e. The molecular formula is C21H14F3N3O2. The highest BCUT2D eigenvalue weighted by Crippen LogP contribution is 2.29. The summed E-state index contributed by atoms with van der Waals surface area (Å²) >= 11 is 0. The van der Waals surface area contributed by atoms with Crippen molar-refractivity contribution >= 4 is 17.0 Å². The molecule has 0 fully saturated rings. The van der Waals surface area contributed by atoms with E-state index < -0.39 is 17.6 Å². The van der Waals surface area contributed by atoms with Crippen LogP contribution >= 0.6 is 0 Å². The Bertz CT molecular complexity index is 1170. The number of nitrogens with one attached hydrogen (secondary N) is 1. The molecule has 5 nitrogen and oxygen atoms in total.